The Morgan fingerprint density at radius 2 is 2.08 bits per heavy atom. The molecule has 1 aromatic carbocycles. The molecular formula is C27H30ClFN4O4. The topological polar surface area (TPSA) is 95.0 Å². The molecular weight excluding hydrogens is 499 g/mol. The summed E-state index contributed by atoms with van der Waals surface area (Å²) < 4.78 is 21.0. The van der Waals surface area contributed by atoms with E-state index < -0.39 is 11.9 Å². The van der Waals surface area contributed by atoms with Crippen LogP contribution in [-0.2, 0) is 4.79 Å². The average Bonchev–Trinajstić information content (AvgIpc) is 3.03. The molecule has 2 unspecified atom stereocenters. The van der Waals surface area contributed by atoms with Gasteiger partial charge in [-0.1, -0.05) is 44.0 Å². The van der Waals surface area contributed by atoms with Gasteiger partial charge in [-0.2, -0.15) is 0 Å². The standard InChI is InChI=1S/C27H30ClFN4O4/c1-3-20(35)32-11-12-33-16(13-32)14-37-25-22(27(33)36)26(30-18-9-5-4-7-15(18)2)31-24(23(25)28)21-17(29)8-6-10-19(21)34/h3,6,8,10,15-16,18,34H,1,4-5,7,9,11-14H2,2H3,(H,30,31)/t15?,16-,18?/m1/s1. The van der Waals surface area contributed by atoms with Crippen molar-refractivity contribution in [1.82, 2.24) is 14.8 Å². The number of carbonyl (C=O) groups excluding carboxylic acids is 2. The molecule has 1 saturated heterocycles. The molecule has 3 aliphatic rings. The lowest BCUT2D eigenvalue weighted by atomic mass is 9.86. The Kier molecular flexibility index (Phi) is 6.98. The van der Waals surface area contributed by atoms with Crippen LogP contribution in [0.2, 0.25) is 5.02 Å². The molecule has 0 radical (unpaired) electrons. The van der Waals surface area contributed by atoms with Gasteiger partial charge in [0.05, 0.1) is 11.6 Å². The molecule has 1 aliphatic carbocycles. The molecule has 0 spiro atoms. The second-order valence-corrected chi connectivity index (χ2v) is 10.3. The summed E-state index contributed by atoms with van der Waals surface area (Å²) in [5.74, 6) is -0.834. The van der Waals surface area contributed by atoms with Gasteiger partial charge >= 0.3 is 0 Å². The van der Waals surface area contributed by atoms with Crippen LogP contribution in [0.15, 0.2) is 30.9 Å². The second-order valence-electron chi connectivity index (χ2n) is 9.93. The number of halogens is 2. The third-order valence-corrected chi connectivity index (χ3v) is 7.97. The molecule has 37 heavy (non-hydrogen) atoms. The number of phenols is 1. The Morgan fingerprint density at radius 3 is 2.81 bits per heavy atom. The summed E-state index contributed by atoms with van der Waals surface area (Å²) in [4.78, 5) is 34.1. The number of ether oxygens (including phenoxy) is 1. The number of aromatic nitrogens is 1. The zero-order valence-electron chi connectivity index (χ0n) is 20.7. The van der Waals surface area contributed by atoms with Gasteiger partial charge in [0.2, 0.25) is 5.91 Å². The maximum atomic E-state index is 14.9. The summed E-state index contributed by atoms with van der Waals surface area (Å²) >= 11 is 6.74. The zero-order chi connectivity index (χ0) is 26.3. The number of pyridine rings is 1. The first-order valence-corrected chi connectivity index (χ1v) is 13.0. The van der Waals surface area contributed by atoms with E-state index in [1.165, 1.54) is 24.3 Å². The number of aromatic hydroxyl groups is 1. The van der Waals surface area contributed by atoms with Crippen LogP contribution in [0.1, 0.15) is 43.0 Å². The normalized spacial score (nSPS) is 23.4. The van der Waals surface area contributed by atoms with Crippen molar-refractivity contribution >= 4 is 29.2 Å². The van der Waals surface area contributed by atoms with Gasteiger partial charge in [-0.15, -0.1) is 0 Å². The summed E-state index contributed by atoms with van der Waals surface area (Å²) in [6.07, 6.45) is 5.38. The Bertz CT molecular complexity index is 1240. The van der Waals surface area contributed by atoms with E-state index in [0.29, 0.717) is 25.6 Å². The van der Waals surface area contributed by atoms with Gasteiger partial charge in [0.25, 0.3) is 5.91 Å². The quantitative estimate of drug-likeness (QED) is 0.569. The maximum absolute atomic E-state index is 14.9. The number of piperazine rings is 1. The number of amides is 2. The van der Waals surface area contributed by atoms with E-state index in [9.17, 15) is 19.1 Å². The highest BCUT2D eigenvalue weighted by Crippen LogP contribution is 2.45. The first-order chi connectivity index (χ1) is 17.8. The van der Waals surface area contributed by atoms with Crippen molar-refractivity contribution in [3.63, 3.8) is 0 Å². The lowest BCUT2D eigenvalue weighted by molar-refractivity contribution is -0.128. The number of carbonyl (C=O) groups is 2. The Morgan fingerprint density at radius 1 is 1.30 bits per heavy atom. The first-order valence-electron chi connectivity index (χ1n) is 12.6. The van der Waals surface area contributed by atoms with Crippen molar-refractivity contribution in [2.45, 2.75) is 44.7 Å². The van der Waals surface area contributed by atoms with Gasteiger partial charge in [0, 0.05) is 25.7 Å². The van der Waals surface area contributed by atoms with E-state index in [2.05, 4.69) is 23.8 Å². The van der Waals surface area contributed by atoms with Crippen LogP contribution < -0.4 is 10.1 Å². The van der Waals surface area contributed by atoms with Crippen molar-refractivity contribution in [3.8, 4) is 22.8 Å². The molecule has 2 amide bonds. The van der Waals surface area contributed by atoms with Crippen molar-refractivity contribution in [2.24, 2.45) is 5.92 Å². The highest BCUT2D eigenvalue weighted by molar-refractivity contribution is 6.35. The van der Waals surface area contributed by atoms with Gasteiger partial charge in [0.1, 0.15) is 40.3 Å². The number of hydrogen-bond acceptors (Lipinski definition) is 6. The number of phenolic OH excluding ortho intramolecular Hbond substituents is 1. The zero-order valence-corrected chi connectivity index (χ0v) is 21.4. The molecule has 196 valence electrons. The number of nitrogens with one attached hydrogen (secondary N) is 1. The molecule has 2 fully saturated rings. The minimum absolute atomic E-state index is 0.00175. The van der Waals surface area contributed by atoms with Gasteiger partial charge < -0.3 is 25.0 Å². The van der Waals surface area contributed by atoms with Crippen LogP contribution in [0.3, 0.4) is 0 Å². The molecule has 3 atom stereocenters. The van der Waals surface area contributed by atoms with Crippen LogP contribution >= 0.6 is 11.6 Å². The van der Waals surface area contributed by atoms with Crippen LogP contribution in [0.25, 0.3) is 11.3 Å². The number of benzene rings is 1. The van der Waals surface area contributed by atoms with E-state index in [0.717, 1.165) is 25.7 Å². The predicted molar refractivity (Wildman–Crippen MR) is 138 cm³/mol. The SMILES string of the molecule is C=CC(=O)N1CCN2C(=O)c3c(NC4CCCCC4C)nc(-c4c(O)cccc4F)c(Cl)c3OC[C@H]2C1. The predicted octanol–water partition coefficient (Wildman–Crippen LogP) is 4.47. The van der Waals surface area contributed by atoms with E-state index in [-0.39, 0.29) is 63.6 Å². The molecule has 8 nitrogen and oxygen atoms in total. The average molecular weight is 529 g/mol. The maximum Gasteiger partial charge on any atom is 0.261 e. The van der Waals surface area contributed by atoms with Crippen molar-refractivity contribution < 1.29 is 23.8 Å². The minimum Gasteiger partial charge on any atom is -0.507 e. The summed E-state index contributed by atoms with van der Waals surface area (Å²) in [5, 5.41) is 13.9. The Hall–Kier alpha value is -3.33. The molecule has 0 bridgehead atoms. The minimum atomic E-state index is -0.692. The molecule has 2 aromatic rings. The summed E-state index contributed by atoms with van der Waals surface area (Å²) in [6.45, 7) is 6.77. The number of hydrogen-bond donors (Lipinski definition) is 2. The third-order valence-electron chi connectivity index (χ3n) is 7.62. The smallest absolute Gasteiger partial charge is 0.261 e. The monoisotopic (exact) mass is 528 g/mol. The summed E-state index contributed by atoms with van der Waals surface area (Å²) in [5.41, 5.74) is 0.0299. The fourth-order valence-corrected chi connectivity index (χ4v) is 5.80. The molecule has 10 heteroatoms. The molecule has 3 heterocycles. The molecule has 2 N–H and O–H groups in total. The fraction of sp³-hybridized carbons (Fsp3) is 0.444. The molecule has 5 rings (SSSR count). The molecule has 2 aliphatic heterocycles. The van der Waals surface area contributed by atoms with Gasteiger partial charge in [-0.25, -0.2) is 9.37 Å². The molecule has 1 aromatic heterocycles. The number of nitrogens with zero attached hydrogens (tertiary/aromatic N) is 3. The Balaban J connectivity index is 1.62. The summed E-state index contributed by atoms with van der Waals surface area (Å²) in [6, 6.07) is 3.62. The number of fused-ring (bicyclic) bond motifs is 2. The summed E-state index contributed by atoms with van der Waals surface area (Å²) in [7, 11) is 0. The lowest BCUT2D eigenvalue weighted by Crippen LogP contribution is -2.57. The van der Waals surface area contributed by atoms with E-state index >= 15 is 0 Å². The van der Waals surface area contributed by atoms with Crippen LogP contribution in [0.5, 0.6) is 11.5 Å². The van der Waals surface area contributed by atoms with Crippen LogP contribution in [-0.4, -0.2) is 70.0 Å². The van der Waals surface area contributed by atoms with Crippen LogP contribution in [0, 0.1) is 11.7 Å². The van der Waals surface area contributed by atoms with Gasteiger partial charge in [0.15, 0.2) is 5.75 Å². The van der Waals surface area contributed by atoms with E-state index in [1.807, 2.05) is 0 Å². The Labute approximate surface area is 220 Å². The largest absolute Gasteiger partial charge is 0.507 e. The van der Waals surface area contributed by atoms with Gasteiger partial charge in [-0.05, 0) is 37.0 Å². The second kappa shape index (κ2) is 10.2. The van der Waals surface area contributed by atoms with Crippen LogP contribution in [0.4, 0.5) is 10.2 Å². The highest BCUT2D eigenvalue weighted by Gasteiger charge is 2.40. The van der Waals surface area contributed by atoms with Crippen molar-refractivity contribution in [2.75, 3.05) is 31.6 Å². The fourth-order valence-electron chi connectivity index (χ4n) is 5.52. The molecule has 1 saturated carbocycles. The number of rotatable bonds is 4. The van der Waals surface area contributed by atoms with Gasteiger partial charge in [-0.3, -0.25) is 9.59 Å². The number of anilines is 1. The van der Waals surface area contributed by atoms with Crippen molar-refractivity contribution in [3.05, 3.63) is 47.3 Å². The third kappa shape index (κ3) is 4.61. The van der Waals surface area contributed by atoms with Crippen molar-refractivity contribution in [1.29, 1.82) is 0 Å². The highest BCUT2D eigenvalue weighted by atomic mass is 35.5. The van der Waals surface area contributed by atoms with E-state index in [4.69, 9.17) is 16.3 Å². The lowest BCUT2D eigenvalue weighted by Gasteiger charge is -2.39. The first kappa shape index (κ1) is 25.3. The van der Waals surface area contributed by atoms with E-state index in [1.54, 1.807) is 9.80 Å².